The second kappa shape index (κ2) is 5.06. The summed E-state index contributed by atoms with van der Waals surface area (Å²) in [4.78, 5) is 12.8. The molecule has 0 spiro atoms. The molecule has 0 atom stereocenters. The van der Waals surface area contributed by atoms with E-state index in [1.54, 1.807) is 0 Å². The number of hydrogen-bond acceptors (Lipinski definition) is 3. The predicted octanol–water partition coefficient (Wildman–Crippen LogP) is 2.64. The van der Waals surface area contributed by atoms with E-state index in [-0.39, 0.29) is 5.78 Å². The van der Waals surface area contributed by atoms with E-state index in [9.17, 15) is 4.79 Å². The summed E-state index contributed by atoms with van der Waals surface area (Å²) in [6.07, 6.45) is 4.93. The van der Waals surface area contributed by atoms with Gasteiger partial charge in [-0.3, -0.25) is 4.79 Å². The number of nitrogens with two attached hydrogens (primary N) is 1. The Morgan fingerprint density at radius 3 is 2.53 bits per heavy atom. The van der Waals surface area contributed by atoms with Crippen LogP contribution in [-0.2, 0) is 4.74 Å². The van der Waals surface area contributed by atoms with Crippen LogP contribution >= 0.6 is 0 Å². The van der Waals surface area contributed by atoms with E-state index in [1.165, 1.54) is 24.8 Å². The minimum Gasteiger partial charge on any atom is -0.381 e. The standard InChI is InChI=1S/C16H21NO2/c17-16(8-10-19-11-9-16)15(18)14-7-2-1-6-13(14)12-4-3-5-12/h1-2,6-7,12H,3-5,8-11,17H2. The molecule has 0 radical (unpaired) electrons. The summed E-state index contributed by atoms with van der Waals surface area (Å²) >= 11 is 0. The molecule has 1 aliphatic carbocycles. The normalized spacial score (nSPS) is 22.8. The SMILES string of the molecule is NC1(C(=O)c2ccccc2C2CCC2)CCOCC1. The van der Waals surface area contributed by atoms with Gasteiger partial charge in [0.2, 0.25) is 0 Å². The van der Waals surface area contributed by atoms with Crippen LogP contribution in [0.1, 0.15) is 53.9 Å². The monoisotopic (exact) mass is 259 g/mol. The summed E-state index contributed by atoms with van der Waals surface area (Å²) in [5, 5.41) is 0. The lowest BCUT2D eigenvalue weighted by Crippen LogP contribution is -2.52. The van der Waals surface area contributed by atoms with Crippen molar-refractivity contribution in [3.8, 4) is 0 Å². The fourth-order valence-corrected chi connectivity index (χ4v) is 3.01. The van der Waals surface area contributed by atoms with Crippen LogP contribution in [0.25, 0.3) is 0 Å². The molecular weight excluding hydrogens is 238 g/mol. The van der Waals surface area contributed by atoms with Crippen LogP contribution in [0, 0.1) is 0 Å². The lowest BCUT2D eigenvalue weighted by Gasteiger charge is -2.34. The van der Waals surface area contributed by atoms with Gasteiger partial charge in [0.15, 0.2) is 5.78 Å². The Hall–Kier alpha value is -1.19. The van der Waals surface area contributed by atoms with Crippen LogP contribution in [-0.4, -0.2) is 24.5 Å². The molecule has 1 saturated carbocycles. The Balaban J connectivity index is 1.90. The minimum atomic E-state index is -0.724. The van der Waals surface area contributed by atoms with Crippen molar-refractivity contribution in [1.29, 1.82) is 0 Å². The van der Waals surface area contributed by atoms with Crippen LogP contribution in [0.4, 0.5) is 0 Å². The fraction of sp³-hybridized carbons (Fsp3) is 0.562. The minimum absolute atomic E-state index is 0.110. The second-order valence-corrected chi connectivity index (χ2v) is 5.81. The molecule has 1 heterocycles. The van der Waals surface area contributed by atoms with E-state index < -0.39 is 5.54 Å². The Labute approximate surface area is 114 Å². The van der Waals surface area contributed by atoms with Gasteiger partial charge in [0.25, 0.3) is 0 Å². The molecule has 1 aromatic carbocycles. The highest BCUT2D eigenvalue weighted by atomic mass is 16.5. The van der Waals surface area contributed by atoms with Crippen molar-refractivity contribution < 1.29 is 9.53 Å². The summed E-state index contributed by atoms with van der Waals surface area (Å²) in [5.74, 6) is 0.668. The zero-order valence-electron chi connectivity index (χ0n) is 11.2. The zero-order chi connectivity index (χ0) is 13.3. The molecule has 0 unspecified atom stereocenters. The van der Waals surface area contributed by atoms with E-state index in [1.807, 2.05) is 18.2 Å². The highest BCUT2D eigenvalue weighted by Crippen LogP contribution is 2.39. The molecule has 1 aliphatic heterocycles. The Bertz CT molecular complexity index is 473. The number of Topliss-reactive ketones (excluding diaryl/α,β-unsaturated/α-hetero) is 1. The number of carbonyl (C=O) groups is 1. The van der Waals surface area contributed by atoms with Crippen LogP contribution in [0.3, 0.4) is 0 Å². The van der Waals surface area contributed by atoms with Crippen molar-refractivity contribution in [3.63, 3.8) is 0 Å². The van der Waals surface area contributed by atoms with Crippen LogP contribution < -0.4 is 5.73 Å². The van der Waals surface area contributed by atoms with Gasteiger partial charge < -0.3 is 10.5 Å². The summed E-state index contributed by atoms with van der Waals surface area (Å²) in [6.45, 7) is 1.18. The van der Waals surface area contributed by atoms with Crippen molar-refractivity contribution in [3.05, 3.63) is 35.4 Å². The first kappa shape index (κ1) is 12.8. The summed E-state index contributed by atoms with van der Waals surface area (Å²) in [7, 11) is 0. The molecule has 102 valence electrons. The Morgan fingerprint density at radius 1 is 1.21 bits per heavy atom. The first-order valence-electron chi connectivity index (χ1n) is 7.21. The van der Waals surface area contributed by atoms with Gasteiger partial charge >= 0.3 is 0 Å². The second-order valence-electron chi connectivity index (χ2n) is 5.81. The van der Waals surface area contributed by atoms with Gasteiger partial charge in [-0.2, -0.15) is 0 Å². The van der Waals surface area contributed by atoms with Crippen LogP contribution in [0.2, 0.25) is 0 Å². The molecule has 3 heteroatoms. The van der Waals surface area contributed by atoms with Gasteiger partial charge in [-0.05, 0) is 37.2 Å². The first-order valence-corrected chi connectivity index (χ1v) is 7.21. The topological polar surface area (TPSA) is 52.3 Å². The van der Waals surface area contributed by atoms with Gasteiger partial charge in [-0.15, -0.1) is 0 Å². The Kier molecular flexibility index (Phi) is 3.42. The third-order valence-corrected chi connectivity index (χ3v) is 4.59. The molecule has 2 aliphatic rings. The van der Waals surface area contributed by atoms with E-state index in [2.05, 4.69) is 6.07 Å². The van der Waals surface area contributed by atoms with E-state index in [0.717, 1.165) is 5.56 Å². The molecule has 1 aromatic rings. The highest BCUT2D eigenvalue weighted by molar-refractivity contribution is 6.04. The third kappa shape index (κ3) is 2.33. The fourth-order valence-electron chi connectivity index (χ4n) is 3.01. The molecule has 2 N–H and O–H groups in total. The highest BCUT2D eigenvalue weighted by Gasteiger charge is 2.38. The van der Waals surface area contributed by atoms with Crippen molar-refractivity contribution in [1.82, 2.24) is 0 Å². The average Bonchev–Trinajstić information content (AvgIpc) is 2.37. The van der Waals surface area contributed by atoms with Crippen LogP contribution in [0.5, 0.6) is 0 Å². The smallest absolute Gasteiger partial charge is 0.183 e. The van der Waals surface area contributed by atoms with Gasteiger partial charge in [0.1, 0.15) is 0 Å². The molecule has 3 nitrogen and oxygen atoms in total. The van der Waals surface area contributed by atoms with Gasteiger partial charge in [0, 0.05) is 18.8 Å². The van der Waals surface area contributed by atoms with Crippen molar-refractivity contribution in [2.24, 2.45) is 5.73 Å². The quantitative estimate of drug-likeness (QED) is 0.849. The summed E-state index contributed by atoms with van der Waals surface area (Å²) in [6, 6.07) is 8.01. The van der Waals surface area contributed by atoms with E-state index in [4.69, 9.17) is 10.5 Å². The average molecular weight is 259 g/mol. The van der Waals surface area contributed by atoms with Gasteiger partial charge in [-0.25, -0.2) is 0 Å². The largest absolute Gasteiger partial charge is 0.381 e. The van der Waals surface area contributed by atoms with Crippen molar-refractivity contribution in [2.45, 2.75) is 43.6 Å². The molecular formula is C16H21NO2. The number of ether oxygens (including phenoxy) is 1. The first-order chi connectivity index (χ1) is 9.21. The third-order valence-electron chi connectivity index (χ3n) is 4.59. The number of carbonyl (C=O) groups excluding carboxylic acids is 1. The van der Waals surface area contributed by atoms with Crippen LogP contribution in [0.15, 0.2) is 24.3 Å². The van der Waals surface area contributed by atoms with Crippen molar-refractivity contribution in [2.75, 3.05) is 13.2 Å². The molecule has 3 rings (SSSR count). The summed E-state index contributed by atoms with van der Waals surface area (Å²) in [5.41, 5.74) is 7.66. The number of ketones is 1. The predicted molar refractivity (Wildman–Crippen MR) is 74.3 cm³/mol. The molecule has 19 heavy (non-hydrogen) atoms. The summed E-state index contributed by atoms with van der Waals surface area (Å²) < 4.78 is 5.33. The zero-order valence-corrected chi connectivity index (χ0v) is 11.2. The molecule has 2 fully saturated rings. The van der Waals surface area contributed by atoms with Crippen molar-refractivity contribution >= 4 is 5.78 Å². The van der Waals surface area contributed by atoms with E-state index in [0.29, 0.717) is 32.0 Å². The maximum Gasteiger partial charge on any atom is 0.183 e. The number of rotatable bonds is 3. The van der Waals surface area contributed by atoms with Gasteiger partial charge in [0.05, 0.1) is 5.54 Å². The molecule has 0 bridgehead atoms. The number of benzene rings is 1. The lowest BCUT2D eigenvalue weighted by molar-refractivity contribution is 0.0446. The number of hydrogen-bond donors (Lipinski definition) is 1. The molecule has 0 aromatic heterocycles. The lowest BCUT2D eigenvalue weighted by atomic mass is 9.74. The molecule has 0 amide bonds. The van der Waals surface area contributed by atoms with Gasteiger partial charge in [-0.1, -0.05) is 30.7 Å². The Morgan fingerprint density at radius 2 is 1.89 bits per heavy atom. The maximum atomic E-state index is 12.8. The van der Waals surface area contributed by atoms with E-state index >= 15 is 0 Å². The maximum absolute atomic E-state index is 12.8. The molecule has 1 saturated heterocycles.